The molecule has 0 radical (unpaired) electrons. The summed E-state index contributed by atoms with van der Waals surface area (Å²) in [4.78, 5) is 12.2. The molecule has 0 aliphatic carbocycles. The number of fused-ring (bicyclic) bond motifs is 1. The quantitative estimate of drug-likeness (QED) is 0.732. The van der Waals surface area contributed by atoms with E-state index in [-0.39, 0.29) is 5.56 Å². The Balaban J connectivity index is 2.08. The molecule has 0 aliphatic rings. The Morgan fingerprint density at radius 2 is 1.89 bits per heavy atom. The van der Waals surface area contributed by atoms with E-state index in [0.29, 0.717) is 6.54 Å². The molecule has 1 N–H and O–H groups in total. The lowest BCUT2D eigenvalue weighted by molar-refractivity contribution is 0.672. The van der Waals surface area contributed by atoms with Crippen LogP contribution in [0.1, 0.15) is 11.1 Å². The van der Waals surface area contributed by atoms with Crippen molar-refractivity contribution in [2.75, 3.05) is 0 Å². The van der Waals surface area contributed by atoms with Crippen molar-refractivity contribution in [3.63, 3.8) is 0 Å². The summed E-state index contributed by atoms with van der Waals surface area (Å²) in [6.45, 7) is 2.57. The number of rotatable bonds is 2. The summed E-state index contributed by atoms with van der Waals surface area (Å²) in [6, 6.07) is 15.8. The lowest BCUT2D eigenvalue weighted by atomic mass is 10.2. The molecule has 90 valence electrons. The molecule has 3 rings (SSSR count). The molecule has 0 saturated heterocycles. The fraction of sp³-hybridized carbons (Fsp3) is 0.133. The van der Waals surface area contributed by atoms with E-state index in [1.165, 1.54) is 0 Å². The van der Waals surface area contributed by atoms with Gasteiger partial charge in [-0.3, -0.25) is 9.89 Å². The maximum absolute atomic E-state index is 12.2. The minimum atomic E-state index is 0.0394. The Kier molecular flexibility index (Phi) is 2.52. The van der Waals surface area contributed by atoms with Gasteiger partial charge in [0.25, 0.3) is 5.56 Å². The molecule has 0 aliphatic heterocycles. The average molecular weight is 238 g/mol. The Hall–Kier alpha value is -2.29. The van der Waals surface area contributed by atoms with E-state index in [1.54, 1.807) is 4.68 Å². The third-order valence-electron chi connectivity index (χ3n) is 3.09. The lowest BCUT2D eigenvalue weighted by Gasteiger charge is -2.00. The molecule has 0 atom stereocenters. The predicted molar refractivity (Wildman–Crippen MR) is 72.8 cm³/mol. The average Bonchev–Trinajstić information content (AvgIpc) is 2.68. The van der Waals surface area contributed by atoms with E-state index in [2.05, 4.69) is 5.10 Å². The molecule has 3 heteroatoms. The number of aromatic nitrogens is 2. The monoisotopic (exact) mass is 238 g/mol. The second-order valence-corrected chi connectivity index (χ2v) is 4.54. The highest BCUT2D eigenvalue weighted by atomic mass is 16.1. The normalized spacial score (nSPS) is 10.9. The Morgan fingerprint density at radius 3 is 2.67 bits per heavy atom. The van der Waals surface area contributed by atoms with Gasteiger partial charge in [0.1, 0.15) is 0 Å². The zero-order chi connectivity index (χ0) is 12.5. The van der Waals surface area contributed by atoms with Crippen LogP contribution in [0.5, 0.6) is 0 Å². The summed E-state index contributed by atoms with van der Waals surface area (Å²) in [5, 5.41) is 3.90. The largest absolute Gasteiger partial charge is 0.295 e. The maximum Gasteiger partial charge on any atom is 0.274 e. The minimum absolute atomic E-state index is 0.0394. The molecule has 0 amide bonds. The lowest BCUT2D eigenvalue weighted by Crippen LogP contribution is -2.17. The molecule has 2 aromatic carbocycles. The Morgan fingerprint density at radius 1 is 1.11 bits per heavy atom. The number of aryl methyl sites for hydroxylation is 1. The third kappa shape index (κ3) is 1.84. The second-order valence-electron chi connectivity index (χ2n) is 4.54. The Labute approximate surface area is 105 Å². The van der Waals surface area contributed by atoms with Crippen LogP contribution in [0, 0.1) is 6.92 Å². The van der Waals surface area contributed by atoms with Gasteiger partial charge in [-0.1, -0.05) is 42.0 Å². The topological polar surface area (TPSA) is 37.8 Å². The van der Waals surface area contributed by atoms with Crippen molar-refractivity contribution in [2.24, 2.45) is 0 Å². The third-order valence-corrected chi connectivity index (χ3v) is 3.09. The molecule has 1 aromatic heterocycles. The highest BCUT2D eigenvalue weighted by Gasteiger charge is 2.06. The standard InChI is InChI=1S/C15H14N2O/c1-11-7-8-14-13(9-11)15(18)17(16-14)10-12-5-3-2-4-6-12/h2-9,16H,10H2,1H3. The molecule has 0 fully saturated rings. The van der Waals surface area contributed by atoms with Gasteiger partial charge < -0.3 is 0 Å². The van der Waals surface area contributed by atoms with E-state index < -0.39 is 0 Å². The molecule has 0 saturated carbocycles. The van der Waals surface area contributed by atoms with Crippen molar-refractivity contribution in [1.82, 2.24) is 9.78 Å². The van der Waals surface area contributed by atoms with Crippen LogP contribution < -0.4 is 5.56 Å². The van der Waals surface area contributed by atoms with Crippen LogP contribution in [-0.4, -0.2) is 9.78 Å². The number of benzene rings is 2. The Bertz CT molecular complexity index is 738. The fourth-order valence-electron chi connectivity index (χ4n) is 2.15. The maximum atomic E-state index is 12.2. The van der Waals surface area contributed by atoms with Crippen LogP contribution >= 0.6 is 0 Å². The summed E-state index contributed by atoms with van der Waals surface area (Å²) in [7, 11) is 0. The second kappa shape index (κ2) is 4.18. The molecular weight excluding hydrogens is 224 g/mol. The minimum Gasteiger partial charge on any atom is -0.295 e. The number of hydrogen-bond donors (Lipinski definition) is 1. The zero-order valence-corrected chi connectivity index (χ0v) is 10.2. The van der Waals surface area contributed by atoms with Crippen LogP contribution in [0.15, 0.2) is 53.3 Å². The zero-order valence-electron chi connectivity index (χ0n) is 10.2. The van der Waals surface area contributed by atoms with E-state index >= 15 is 0 Å². The van der Waals surface area contributed by atoms with Crippen LogP contribution in [0.4, 0.5) is 0 Å². The highest BCUT2D eigenvalue weighted by molar-refractivity contribution is 5.78. The first kappa shape index (κ1) is 10.8. The molecule has 0 bridgehead atoms. The van der Waals surface area contributed by atoms with E-state index in [0.717, 1.165) is 22.0 Å². The predicted octanol–water partition coefficient (Wildman–Crippen LogP) is 2.69. The van der Waals surface area contributed by atoms with Gasteiger partial charge >= 0.3 is 0 Å². The number of hydrogen-bond acceptors (Lipinski definition) is 1. The van der Waals surface area contributed by atoms with Gasteiger partial charge in [0.2, 0.25) is 0 Å². The SMILES string of the molecule is Cc1ccc2[nH]n(Cc3ccccc3)c(=O)c2c1. The molecule has 0 unspecified atom stereocenters. The van der Waals surface area contributed by atoms with E-state index in [4.69, 9.17) is 0 Å². The van der Waals surface area contributed by atoms with Gasteiger partial charge in [-0.05, 0) is 24.6 Å². The van der Waals surface area contributed by atoms with Crippen molar-refractivity contribution in [1.29, 1.82) is 0 Å². The van der Waals surface area contributed by atoms with Crippen molar-refractivity contribution in [3.05, 3.63) is 70.0 Å². The van der Waals surface area contributed by atoms with Crippen molar-refractivity contribution in [2.45, 2.75) is 13.5 Å². The van der Waals surface area contributed by atoms with Gasteiger partial charge in [0, 0.05) is 0 Å². The summed E-state index contributed by atoms with van der Waals surface area (Å²) < 4.78 is 1.65. The summed E-state index contributed by atoms with van der Waals surface area (Å²) in [5.74, 6) is 0. The van der Waals surface area contributed by atoms with Crippen molar-refractivity contribution in [3.8, 4) is 0 Å². The van der Waals surface area contributed by atoms with Crippen molar-refractivity contribution < 1.29 is 0 Å². The fourth-order valence-corrected chi connectivity index (χ4v) is 2.15. The van der Waals surface area contributed by atoms with Gasteiger partial charge in [-0.2, -0.15) is 0 Å². The summed E-state index contributed by atoms with van der Waals surface area (Å²) >= 11 is 0. The molecule has 1 heterocycles. The molecule has 3 aromatic rings. The van der Waals surface area contributed by atoms with Gasteiger partial charge in [-0.15, -0.1) is 0 Å². The van der Waals surface area contributed by atoms with Crippen LogP contribution in [-0.2, 0) is 6.54 Å². The number of nitrogens with zero attached hydrogens (tertiary/aromatic N) is 1. The highest BCUT2D eigenvalue weighted by Crippen LogP contribution is 2.10. The molecular formula is C15H14N2O. The van der Waals surface area contributed by atoms with Crippen LogP contribution in [0.25, 0.3) is 10.9 Å². The van der Waals surface area contributed by atoms with Gasteiger partial charge in [0.05, 0.1) is 17.4 Å². The summed E-state index contributed by atoms with van der Waals surface area (Å²) in [5.41, 5.74) is 3.15. The van der Waals surface area contributed by atoms with E-state index in [1.807, 2.05) is 55.5 Å². The van der Waals surface area contributed by atoms with Crippen molar-refractivity contribution >= 4 is 10.9 Å². The van der Waals surface area contributed by atoms with Crippen LogP contribution in [0.2, 0.25) is 0 Å². The van der Waals surface area contributed by atoms with E-state index in [9.17, 15) is 4.79 Å². The first-order valence-corrected chi connectivity index (χ1v) is 5.97. The number of nitrogens with one attached hydrogen (secondary N) is 1. The number of aromatic amines is 1. The number of H-pyrrole nitrogens is 1. The summed E-state index contributed by atoms with van der Waals surface area (Å²) in [6.07, 6.45) is 0. The first-order chi connectivity index (χ1) is 8.74. The first-order valence-electron chi connectivity index (χ1n) is 5.97. The molecule has 18 heavy (non-hydrogen) atoms. The van der Waals surface area contributed by atoms with Gasteiger partial charge in [-0.25, -0.2) is 4.68 Å². The smallest absolute Gasteiger partial charge is 0.274 e. The van der Waals surface area contributed by atoms with Crippen LogP contribution in [0.3, 0.4) is 0 Å². The molecule has 3 nitrogen and oxygen atoms in total. The molecule has 0 spiro atoms. The van der Waals surface area contributed by atoms with Gasteiger partial charge in [0.15, 0.2) is 0 Å².